The molecule has 0 saturated heterocycles. The summed E-state index contributed by atoms with van der Waals surface area (Å²) in [5, 5.41) is 15.3. The first-order valence-corrected chi connectivity index (χ1v) is 17.9. The van der Waals surface area contributed by atoms with E-state index in [0.29, 0.717) is 22.8 Å². The number of halogens is 2. The Labute approximate surface area is 302 Å². The van der Waals surface area contributed by atoms with Crippen LogP contribution in [0.4, 0.5) is 11.4 Å². The molecule has 0 aliphatic carbocycles. The maximum Gasteiger partial charge on any atom is 0.273 e. The zero-order valence-electron chi connectivity index (χ0n) is 28.0. The highest BCUT2D eigenvalue weighted by molar-refractivity contribution is 7.92. The summed E-state index contributed by atoms with van der Waals surface area (Å²) in [6.45, 7) is 4.40. The van der Waals surface area contributed by atoms with Gasteiger partial charge in [-0.05, 0) is 73.9 Å². The van der Waals surface area contributed by atoms with Gasteiger partial charge in [0.1, 0.15) is 18.3 Å². The number of benzene rings is 4. The molecule has 50 heavy (non-hydrogen) atoms. The Kier molecular flexibility index (Phi) is 12.9. The Morgan fingerprint density at radius 2 is 1.62 bits per heavy atom. The number of hydrogen-bond donors (Lipinski definition) is 1. The highest BCUT2D eigenvalue weighted by Gasteiger charge is 2.35. The van der Waals surface area contributed by atoms with Crippen LogP contribution in [0.3, 0.4) is 0 Å². The molecule has 0 fully saturated rings. The zero-order chi connectivity index (χ0) is 36.6. The molecule has 0 unspecified atom stereocenters. The lowest BCUT2D eigenvalue weighted by atomic mass is 10.0. The largest absolute Gasteiger partial charge is 0.497 e. The number of nitro benzene ring substituents is 1. The van der Waals surface area contributed by atoms with Crippen LogP contribution in [0.5, 0.6) is 5.75 Å². The van der Waals surface area contributed by atoms with Crippen molar-refractivity contribution >= 4 is 56.4 Å². The SMILES string of the molecule is CC[C@@H](C)NC(=O)[C@H](Cc1ccccc1)N(Cc1ccc(Cl)c(Cl)c1)C(=O)CN(c1ccc(OC)cc1)S(=O)(=O)c1ccc(C)c([N+](=O)[O-])c1. The van der Waals surface area contributed by atoms with Crippen LogP contribution in [-0.2, 0) is 32.6 Å². The van der Waals surface area contributed by atoms with Crippen molar-refractivity contribution in [3.63, 3.8) is 0 Å². The third-order valence-corrected chi connectivity index (χ3v) is 10.7. The summed E-state index contributed by atoms with van der Waals surface area (Å²) in [5.41, 5.74) is 1.30. The second kappa shape index (κ2) is 16.8. The molecular weight excluding hydrogens is 703 g/mol. The summed E-state index contributed by atoms with van der Waals surface area (Å²) in [4.78, 5) is 40.7. The summed E-state index contributed by atoms with van der Waals surface area (Å²) in [6, 6.07) is 22.3. The number of methoxy groups -OCH3 is 1. The molecule has 0 aliphatic rings. The van der Waals surface area contributed by atoms with E-state index < -0.39 is 45.0 Å². The third-order valence-electron chi connectivity index (χ3n) is 8.21. The van der Waals surface area contributed by atoms with E-state index in [1.807, 2.05) is 44.2 Å². The Morgan fingerprint density at radius 3 is 2.22 bits per heavy atom. The van der Waals surface area contributed by atoms with Crippen LogP contribution in [0, 0.1) is 17.0 Å². The molecule has 14 heteroatoms. The fourth-order valence-electron chi connectivity index (χ4n) is 5.18. The molecule has 11 nitrogen and oxygen atoms in total. The fourth-order valence-corrected chi connectivity index (χ4v) is 6.94. The first-order valence-electron chi connectivity index (χ1n) is 15.7. The number of aryl methyl sites for hydroxylation is 1. The molecule has 0 aromatic heterocycles. The number of ether oxygens (including phenoxy) is 1. The zero-order valence-corrected chi connectivity index (χ0v) is 30.3. The number of nitro groups is 1. The number of rotatable bonds is 15. The van der Waals surface area contributed by atoms with E-state index >= 15 is 0 Å². The Morgan fingerprint density at radius 1 is 0.940 bits per heavy atom. The Bertz CT molecular complexity index is 1940. The number of carbonyl (C=O) groups is 2. The number of hydrogen-bond acceptors (Lipinski definition) is 7. The van der Waals surface area contributed by atoms with Crippen molar-refractivity contribution in [3.8, 4) is 5.75 Å². The van der Waals surface area contributed by atoms with Gasteiger partial charge in [0.25, 0.3) is 15.7 Å². The van der Waals surface area contributed by atoms with Gasteiger partial charge in [0.2, 0.25) is 11.8 Å². The number of amides is 2. The molecule has 0 radical (unpaired) electrons. The van der Waals surface area contributed by atoms with Gasteiger partial charge in [0.15, 0.2) is 0 Å². The van der Waals surface area contributed by atoms with Gasteiger partial charge in [0.05, 0.1) is 32.7 Å². The fraction of sp³-hybridized carbons (Fsp3) is 0.278. The van der Waals surface area contributed by atoms with E-state index in [-0.39, 0.29) is 40.2 Å². The molecule has 0 spiro atoms. The molecule has 2 amide bonds. The number of carbonyl (C=O) groups excluding carboxylic acids is 2. The molecule has 0 heterocycles. The smallest absolute Gasteiger partial charge is 0.273 e. The summed E-state index contributed by atoms with van der Waals surface area (Å²) >= 11 is 12.5. The van der Waals surface area contributed by atoms with Crippen LogP contribution >= 0.6 is 23.2 Å². The molecule has 0 saturated carbocycles. The van der Waals surface area contributed by atoms with Gasteiger partial charge in [-0.25, -0.2) is 8.42 Å². The number of anilines is 1. The van der Waals surface area contributed by atoms with Crippen LogP contribution in [-0.4, -0.2) is 55.8 Å². The van der Waals surface area contributed by atoms with Crippen molar-refractivity contribution < 1.29 is 27.7 Å². The van der Waals surface area contributed by atoms with Crippen molar-refractivity contribution in [2.45, 2.75) is 57.1 Å². The number of nitrogens with one attached hydrogen (secondary N) is 1. The van der Waals surface area contributed by atoms with Crippen molar-refractivity contribution in [1.82, 2.24) is 10.2 Å². The Hall–Kier alpha value is -4.65. The second-order valence-electron chi connectivity index (χ2n) is 11.7. The molecule has 4 aromatic rings. The van der Waals surface area contributed by atoms with Crippen molar-refractivity contribution in [3.05, 3.63) is 128 Å². The van der Waals surface area contributed by atoms with E-state index in [9.17, 15) is 28.1 Å². The van der Waals surface area contributed by atoms with Crippen LogP contribution in [0.1, 0.15) is 37.0 Å². The average Bonchev–Trinajstić information content (AvgIpc) is 3.10. The maximum atomic E-state index is 14.7. The first-order chi connectivity index (χ1) is 23.7. The number of nitrogens with zero attached hydrogens (tertiary/aromatic N) is 3. The molecule has 1 N–H and O–H groups in total. The van der Waals surface area contributed by atoms with Gasteiger partial charge >= 0.3 is 0 Å². The molecule has 0 aliphatic heterocycles. The van der Waals surface area contributed by atoms with Crippen molar-refractivity contribution in [2.75, 3.05) is 18.0 Å². The van der Waals surface area contributed by atoms with E-state index in [2.05, 4.69) is 5.32 Å². The minimum absolute atomic E-state index is 0.0977. The van der Waals surface area contributed by atoms with Crippen LogP contribution in [0.25, 0.3) is 0 Å². The third kappa shape index (κ3) is 9.32. The number of sulfonamides is 1. The topological polar surface area (TPSA) is 139 Å². The van der Waals surface area contributed by atoms with Crippen molar-refractivity contribution in [2.24, 2.45) is 0 Å². The quantitative estimate of drug-likeness (QED) is 0.103. The molecule has 2 atom stereocenters. The predicted octanol–water partition coefficient (Wildman–Crippen LogP) is 6.97. The van der Waals surface area contributed by atoms with Gasteiger partial charge < -0.3 is 15.0 Å². The van der Waals surface area contributed by atoms with Gasteiger partial charge in [-0.15, -0.1) is 0 Å². The predicted molar refractivity (Wildman–Crippen MR) is 194 cm³/mol. The van der Waals surface area contributed by atoms with Gasteiger partial charge in [-0.2, -0.15) is 0 Å². The Balaban J connectivity index is 1.86. The minimum Gasteiger partial charge on any atom is -0.497 e. The second-order valence-corrected chi connectivity index (χ2v) is 14.4. The molecule has 264 valence electrons. The highest BCUT2D eigenvalue weighted by atomic mass is 35.5. The lowest BCUT2D eigenvalue weighted by Crippen LogP contribution is -2.54. The van der Waals surface area contributed by atoms with E-state index in [1.54, 1.807) is 18.2 Å². The maximum absolute atomic E-state index is 14.7. The van der Waals surface area contributed by atoms with E-state index in [4.69, 9.17) is 27.9 Å². The monoisotopic (exact) mass is 740 g/mol. The summed E-state index contributed by atoms with van der Waals surface area (Å²) < 4.78 is 34.8. The van der Waals surface area contributed by atoms with Gasteiger partial charge in [-0.1, -0.05) is 72.6 Å². The molecule has 0 bridgehead atoms. The molecule has 4 rings (SSSR count). The van der Waals surface area contributed by atoms with E-state index in [0.717, 1.165) is 15.9 Å². The first kappa shape index (κ1) is 38.2. The summed E-state index contributed by atoms with van der Waals surface area (Å²) in [5.74, 6) is -0.698. The average molecular weight is 742 g/mol. The lowest BCUT2D eigenvalue weighted by molar-refractivity contribution is -0.385. The van der Waals surface area contributed by atoms with Crippen LogP contribution in [0.15, 0.2) is 95.9 Å². The van der Waals surface area contributed by atoms with Crippen molar-refractivity contribution in [1.29, 1.82) is 0 Å². The summed E-state index contributed by atoms with van der Waals surface area (Å²) in [7, 11) is -3.13. The molecule has 4 aromatic carbocycles. The van der Waals surface area contributed by atoms with Gasteiger partial charge in [-0.3, -0.25) is 24.0 Å². The summed E-state index contributed by atoms with van der Waals surface area (Å²) in [6.07, 6.45) is 0.756. The lowest BCUT2D eigenvalue weighted by Gasteiger charge is -2.34. The standard InChI is InChI=1S/C36H38Cl2N4O7S/c1-5-25(3)39-36(44)34(20-26-9-7-6-8-10-26)40(22-27-12-18-31(37)32(38)19-27)35(43)23-41(28-13-15-29(49-4)16-14-28)50(47,48)30-17-11-24(2)33(21-30)42(45)46/h6-19,21,25,34H,5,20,22-23H2,1-4H3,(H,39,44)/t25-,34+/m1/s1. The molecular formula is C36H38Cl2N4O7S. The van der Waals surface area contributed by atoms with E-state index in [1.165, 1.54) is 55.3 Å². The van der Waals surface area contributed by atoms with Gasteiger partial charge in [0, 0.05) is 30.6 Å². The van der Waals surface area contributed by atoms with Crippen LogP contribution in [0.2, 0.25) is 10.0 Å². The normalized spacial score (nSPS) is 12.4. The minimum atomic E-state index is -4.59. The van der Waals surface area contributed by atoms with Crippen LogP contribution < -0.4 is 14.4 Å². The highest BCUT2D eigenvalue weighted by Crippen LogP contribution is 2.30.